The number of nitrogens with zero attached hydrogens (tertiary/aromatic N) is 1. The maximum atomic E-state index is 11.5. The molecule has 0 atom stereocenters. The summed E-state index contributed by atoms with van der Waals surface area (Å²) in [6.45, 7) is 3.89. The lowest BCUT2D eigenvalue weighted by Crippen LogP contribution is -2.65. The summed E-state index contributed by atoms with van der Waals surface area (Å²) in [7, 11) is 0. The predicted molar refractivity (Wildman–Crippen MR) is 55.6 cm³/mol. The minimum absolute atomic E-state index is 0.149. The summed E-state index contributed by atoms with van der Waals surface area (Å²) in [5.41, 5.74) is 4.64. The van der Waals surface area contributed by atoms with E-state index >= 15 is 0 Å². The molecular formula is C8H13N3O2S. The minimum Gasteiger partial charge on any atom is -0.392 e. The van der Waals surface area contributed by atoms with Gasteiger partial charge < -0.3 is 5.73 Å². The van der Waals surface area contributed by atoms with E-state index in [4.69, 9.17) is 18.0 Å². The fourth-order valence-electron chi connectivity index (χ4n) is 1.28. The van der Waals surface area contributed by atoms with Crippen molar-refractivity contribution in [2.45, 2.75) is 19.4 Å². The van der Waals surface area contributed by atoms with E-state index in [2.05, 4.69) is 5.32 Å². The Morgan fingerprint density at radius 2 is 2.21 bits per heavy atom. The van der Waals surface area contributed by atoms with Crippen LogP contribution in [0.1, 0.15) is 13.8 Å². The molecular weight excluding hydrogens is 202 g/mol. The Bertz CT molecular complexity index is 299. The van der Waals surface area contributed by atoms with Crippen LogP contribution in [-0.2, 0) is 9.59 Å². The molecule has 0 aromatic carbocycles. The summed E-state index contributed by atoms with van der Waals surface area (Å²) in [5, 5.41) is 2.27. The van der Waals surface area contributed by atoms with Crippen LogP contribution in [0, 0.1) is 0 Å². The smallest absolute Gasteiger partial charge is 0.246 e. The first-order valence-electron chi connectivity index (χ1n) is 4.21. The van der Waals surface area contributed by atoms with Gasteiger partial charge in [-0.1, -0.05) is 12.2 Å². The number of hydrogen-bond acceptors (Lipinski definition) is 4. The molecule has 2 amide bonds. The highest BCUT2D eigenvalue weighted by Crippen LogP contribution is 2.17. The fourth-order valence-corrected chi connectivity index (χ4v) is 1.43. The van der Waals surface area contributed by atoms with Crippen molar-refractivity contribution in [3.05, 3.63) is 0 Å². The average Bonchev–Trinajstić information content (AvgIpc) is 1.99. The molecule has 1 aliphatic rings. The third kappa shape index (κ3) is 2.08. The van der Waals surface area contributed by atoms with E-state index < -0.39 is 5.54 Å². The van der Waals surface area contributed by atoms with E-state index in [1.54, 1.807) is 18.7 Å². The lowest BCUT2D eigenvalue weighted by atomic mass is 9.99. The number of rotatable bonds is 2. The van der Waals surface area contributed by atoms with Crippen LogP contribution in [0.2, 0.25) is 0 Å². The van der Waals surface area contributed by atoms with Crippen LogP contribution in [0.5, 0.6) is 0 Å². The van der Waals surface area contributed by atoms with Crippen LogP contribution >= 0.6 is 12.2 Å². The molecule has 78 valence electrons. The number of carbonyl (C=O) groups is 2. The highest BCUT2D eigenvalue weighted by molar-refractivity contribution is 7.80. The summed E-state index contributed by atoms with van der Waals surface area (Å²) in [6, 6.07) is 0. The molecule has 1 fully saturated rings. The molecule has 5 nitrogen and oxygen atoms in total. The first kappa shape index (κ1) is 11.1. The van der Waals surface area contributed by atoms with Crippen LogP contribution in [0.15, 0.2) is 0 Å². The van der Waals surface area contributed by atoms with Crippen molar-refractivity contribution >= 4 is 29.0 Å². The lowest BCUT2D eigenvalue weighted by Gasteiger charge is -2.39. The van der Waals surface area contributed by atoms with Crippen molar-refractivity contribution in [2.24, 2.45) is 5.73 Å². The first-order chi connectivity index (χ1) is 6.34. The highest BCUT2D eigenvalue weighted by Gasteiger charge is 2.40. The Hall–Kier alpha value is -1.01. The van der Waals surface area contributed by atoms with Gasteiger partial charge in [-0.2, -0.15) is 0 Å². The maximum Gasteiger partial charge on any atom is 0.246 e. The number of thiocarbonyl (C=S) groups is 1. The monoisotopic (exact) mass is 215 g/mol. The molecule has 1 rings (SSSR count). The highest BCUT2D eigenvalue weighted by atomic mass is 32.1. The van der Waals surface area contributed by atoms with E-state index in [1.165, 1.54) is 0 Å². The molecule has 0 aliphatic carbocycles. The van der Waals surface area contributed by atoms with Crippen molar-refractivity contribution in [3.8, 4) is 0 Å². The van der Waals surface area contributed by atoms with Crippen LogP contribution in [0.25, 0.3) is 0 Å². The van der Waals surface area contributed by atoms with Gasteiger partial charge in [0, 0.05) is 0 Å². The molecule has 0 bridgehead atoms. The number of carbonyl (C=O) groups excluding carboxylic acids is 2. The lowest BCUT2D eigenvalue weighted by molar-refractivity contribution is -0.144. The first-order valence-corrected chi connectivity index (χ1v) is 4.62. The zero-order valence-corrected chi connectivity index (χ0v) is 8.98. The molecule has 6 heteroatoms. The topological polar surface area (TPSA) is 75.4 Å². The fraction of sp³-hybridized carbons (Fsp3) is 0.625. The average molecular weight is 215 g/mol. The molecule has 0 unspecified atom stereocenters. The van der Waals surface area contributed by atoms with Crippen molar-refractivity contribution in [1.82, 2.24) is 10.2 Å². The molecule has 1 aliphatic heterocycles. The Morgan fingerprint density at radius 1 is 1.64 bits per heavy atom. The van der Waals surface area contributed by atoms with Gasteiger partial charge in [0.25, 0.3) is 0 Å². The quantitative estimate of drug-likeness (QED) is 0.457. The van der Waals surface area contributed by atoms with Gasteiger partial charge in [-0.25, -0.2) is 0 Å². The zero-order valence-electron chi connectivity index (χ0n) is 8.16. The van der Waals surface area contributed by atoms with Crippen LogP contribution in [0.3, 0.4) is 0 Å². The summed E-state index contributed by atoms with van der Waals surface area (Å²) in [6.07, 6.45) is 0. The van der Waals surface area contributed by atoms with E-state index in [0.717, 1.165) is 0 Å². The van der Waals surface area contributed by atoms with Gasteiger partial charge in [0.15, 0.2) is 0 Å². The summed E-state index contributed by atoms with van der Waals surface area (Å²) >= 11 is 4.75. The normalized spacial score (nSPS) is 21.9. The van der Waals surface area contributed by atoms with Crippen molar-refractivity contribution in [3.63, 3.8) is 0 Å². The van der Waals surface area contributed by atoms with Gasteiger partial charge in [0.1, 0.15) is 0 Å². The third-order valence-electron chi connectivity index (χ3n) is 2.28. The third-order valence-corrected chi connectivity index (χ3v) is 2.41. The molecule has 0 aromatic rings. The Morgan fingerprint density at radius 3 is 2.71 bits per heavy atom. The predicted octanol–water partition coefficient (Wildman–Crippen LogP) is -0.990. The van der Waals surface area contributed by atoms with Crippen LogP contribution in [-0.4, -0.2) is 40.3 Å². The molecule has 0 spiro atoms. The second-order valence-corrected chi connectivity index (χ2v) is 4.28. The van der Waals surface area contributed by atoms with Gasteiger partial charge in [-0.3, -0.25) is 19.8 Å². The van der Waals surface area contributed by atoms with E-state index in [-0.39, 0.29) is 29.9 Å². The van der Waals surface area contributed by atoms with Gasteiger partial charge in [0.2, 0.25) is 11.8 Å². The number of piperazine rings is 1. The van der Waals surface area contributed by atoms with Gasteiger partial charge in [0.05, 0.1) is 23.6 Å². The molecule has 0 radical (unpaired) electrons. The molecule has 0 aromatic heterocycles. The van der Waals surface area contributed by atoms with Crippen molar-refractivity contribution in [2.75, 3.05) is 13.1 Å². The number of nitrogens with one attached hydrogen (secondary N) is 1. The van der Waals surface area contributed by atoms with Gasteiger partial charge in [-0.15, -0.1) is 0 Å². The number of nitrogens with two attached hydrogens (primary N) is 1. The number of imide groups is 1. The molecule has 0 saturated carbocycles. The molecule has 1 heterocycles. The zero-order chi connectivity index (χ0) is 10.9. The molecule has 3 N–H and O–H groups in total. The minimum atomic E-state index is -0.739. The Kier molecular flexibility index (Phi) is 2.86. The van der Waals surface area contributed by atoms with Crippen LogP contribution < -0.4 is 11.1 Å². The Balaban J connectivity index is 2.84. The second-order valence-electron chi connectivity index (χ2n) is 3.76. The molecule has 1 saturated heterocycles. The van der Waals surface area contributed by atoms with Gasteiger partial charge >= 0.3 is 0 Å². The van der Waals surface area contributed by atoms with Crippen molar-refractivity contribution < 1.29 is 9.59 Å². The summed E-state index contributed by atoms with van der Waals surface area (Å²) in [5.74, 6) is -0.629. The Labute approximate surface area is 87.6 Å². The van der Waals surface area contributed by atoms with E-state index in [9.17, 15) is 9.59 Å². The largest absolute Gasteiger partial charge is 0.392 e. The second kappa shape index (κ2) is 3.62. The standard InChI is InChI=1S/C8H13N3O2S/c1-8(2)7(13)10-6(12)4-11(8)3-5(9)14/h3-4H2,1-2H3,(H2,9,14)(H,10,12,13). The van der Waals surface area contributed by atoms with E-state index in [0.29, 0.717) is 0 Å². The van der Waals surface area contributed by atoms with E-state index in [1.807, 2.05) is 0 Å². The van der Waals surface area contributed by atoms with Gasteiger partial charge in [-0.05, 0) is 13.8 Å². The maximum absolute atomic E-state index is 11.5. The summed E-state index contributed by atoms with van der Waals surface area (Å²) < 4.78 is 0. The SMILES string of the molecule is CC1(C)C(=O)NC(=O)CN1CC(N)=S. The van der Waals surface area contributed by atoms with Crippen molar-refractivity contribution in [1.29, 1.82) is 0 Å². The molecule has 14 heavy (non-hydrogen) atoms. The van der Waals surface area contributed by atoms with Crippen LogP contribution in [0.4, 0.5) is 0 Å². The summed E-state index contributed by atoms with van der Waals surface area (Å²) in [4.78, 5) is 24.5. The number of amides is 2. The number of hydrogen-bond donors (Lipinski definition) is 2.